The SMILES string of the molecule is Oc1cccc2c1OC(O)C2. The van der Waals surface area contributed by atoms with Gasteiger partial charge < -0.3 is 14.9 Å². The number of benzene rings is 1. The molecule has 0 radical (unpaired) electrons. The van der Waals surface area contributed by atoms with Gasteiger partial charge in [-0.1, -0.05) is 12.1 Å². The van der Waals surface area contributed by atoms with E-state index in [4.69, 9.17) is 9.84 Å². The van der Waals surface area contributed by atoms with Crippen LogP contribution in [0.4, 0.5) is 0 Å². The number of phenols is 1. The lowest BCUT2D eigenvalue weighted by Gasteiger charge is -2.02. The van der Waals surface area contributed by atoms with E-state index in [-0.39, 0.29) is 5.75 Å². The third-order valence-corrected chi connectivity index (χ3v) is 1.72. The summed E-state index contributed by atoms with van der Waals surface area (Å²) >= 11 is 0. The molecular formula is C8H8O3. The molecule has 0 bridgehead atoms. The number of para-hydroxylation sites is 1. The van der Waals surface area contributed by atoms with Gasteiger partial charge in [-0.2, -0.15) is 0 Å². The second-order valence-corrected chi connectivity index (χ2v) is 2.54. The molecule has 3 nitrogen and oxygen atoms in total. The minimum absolute atomic E-state index is 0.0963. The zero-order chi connectivity index (χ0) is 7.84. The monoisotopic (exact) mass is 152 g/mol. The fourth-order valence-electron chi connectivity index (χ4n) is 1.23. The molecule has 0 saturated carbocycles. The lowest BCUT2D eigenvalue weighted by atomic mass is 10.1. The Morgan fingerprint density at radius 3 is 3.00 bits per heavy atom. The summed E-state index contributed by atoms with van der Waals surface area (Å²) in [6.07, 6.45) is -0.331. The summed E-state index contributed by atoms with van der Waals surface area (Å²) in [5.74, 6) is 0.513. The smallest absolute Gasteiger partial charge is 0.201 e. The van der Waals surface area contributed by atoms with Gasteiger partial charge in [-0.3, -0.25) is 0 Å². The molecule has 1 aromatic carbocycles. The van der Waals surface area contributed by atoms with Crippen LogP contribution >= 0.6 is 0 Å². The molecule has 0 amide bonds. The van der Waals surface area contributed by atoms with E-state index in [1.54, 1.807) is 6.07 Å². The molecule has 1 aliphatic rings. The van der Waals surface area contributed by atoms with Crippen LogP contribution in [0.5, 0.6) is 11.5 Å². The number of fused-ring (bicyclic) bond motifs is 1. The number of rotatable bonds is 0. The van der Waals surface area contributed by atoms with Crippen LogP contribution in [-0.4, -0.2) is 16.5 Å². The fraction of sp³-hybridized carbons (Fsp3) is 0.250. The van der Waals surface area contributed by atoms with Gasteiger partial charge >= 0.3 is 0 Å². The van der Waals surface area contributed by atoms with E-state index in [0.29, 0.717) is 12.2 Å². The van der Waals surface area contributed by atoms with Crippen molar-refractivity contribution in [3.05, 3.63) is 23.8 Å². The lowest BCUT2D eigenvalue weighted by Crippen LogP contribution is -2.09. The molecule has 1 aromatic rings. The van der Waals surface area contributed by atoms with Crippen LogP contribution in [0.2, 0.25) is 0 Å². The number of hydrogen-bond donors (Lipinski definition) is 2. The van der Waals surface area contributed by atoms with Crippen molar-refractivity contribution in [3.8, 4) is 11.5 Å². The van der Waals surface area contributed by atoms with Crippen molar-refractivity contribution in [1.29, 1.82) is 0 Å². The van der Waals surface area contributed by atoms with Crippen molar-refractivity contribution >= 4 is 0 Å². The molecule has 0 aromatic heterocycles. The van der Waals surface area contributed by atoms with Crippen molar-refractivity contribution in [2.24, 2.45) is 0 Å². The Bertz CT molecular complexity index is 283. The van der Waals surface area contributed by atoms with Crippen molar-refractivity contribution in [2.75, 3.05) is 0 Å². The van der Waals surface area contributed by atoms with Gasteiger partial charge in [0, 0.05) is 12.0 Å². The van der Waals surface area contributed by atoms with Gasteiger partial charge in [-0.15, -0.1) is 0 Å². The first-order valence-corrected chi connectivity index (χ1v) is 3.43. The maximum absolute atomic E-state index is 9.21. The Morgan fingerprint density at radius 1 is 1.45 bits per heavy atom. The van der Waals surface area contributed by atoms with Crippen LogP contribution in [0, 0.1) is 0 Å². The predicted octanol–water partition coefficient (Wildman–Crippen LogP) is 0.645. The van der Waals surface area contributed by atoms with Gasteiger partial charge in [-0.05, 0) is 6.07 Å². The van der Waals surface area contributed by atoms with E-state index in [0.717, 1.165) is 5.56 Å². The van der Waals surface area contributed by atoms with E-state index in [2.05, 4.69) is 0 Å². The van der Waals surface area contributed by atoms with Gasteiger partial charge in [0.2, 0.25) is 6.29 Å². The summed E-state index contributed by atoms with van der Waals surface area (Å²) in [4.78, 5) is 0. The highest BCUT2D eigenvalue weighted by Crippen LogP contribution is 2.35. The van der Waals surface area contributed by atoms with Gasteiger partial charge in [0.25, 0.3) is 0 Å². The number of aromatic hydroxyl groups is 1. The van der Waals surface area contributed by atoms with Crippen LogP contribution in [0.15, 0.2) is 18.2 Å². The highest BCUT2D eigenvalue weighted by molar-refractivity contribution is 5.47. The third kappa shape index (κ3) is 0.935. The van der Waals surface area contributed by atoms with Crippen molar-refractivity contribution in [2.45, 2.75) is 12.7 Å². The van der Waals surface area contributed by atoms with E-state index in [1.165, 1.54) is 6.07 Å². The molecule has 1 heterocycles. The second-order valence-electron chi connectivity index (χ2n) is 2.54. The van der Waals surface area contributed by atoms with E-state index in [9.17, 15) is 5.11 Å². The number of hydrogen-bond acceptors (Lipinski definition) is 3. The maximum atomic E-state index is 9.21. The minimum atomic E-state index is -0.793. The molecule has 58 valence electrons. The molecule has 1 atom stereocenters. The molecule has 1 aliphatic heterocycles. The average molecular weight is 152 g/mol. The second kappa shape index (κ2) is 2.13. The largest absolute Gasteiger partial charge is 0.504 e. The molecule has 1 unspecified atom stereocenters. The topological polar surface area (TPSA) is 49.7 Å². The Hall–Kier alpha value is -1.22. The van der Waals surface area contributed by atoms with Crippen LogP contribution in [0.1, 0.15) is 5.56 Å². The van der Waals surface area contributed by atoms with Crippen LogP contribution < -0.4 is 4.74 Å². The predicted molar refractivity (Wildman–Crippen MR) is 38.4 cm³/mol. The zero-order valence-electron chi connectivity index (χ0n) is 5.82. The van der Waals surface area contributed by atoms with Crippen LogP contribution in [-0.2, 0) is 6.42 Å². The molecule has 0 aliphatic carbocycles. The summed E-state index contributed by atoms with van der Waals surface area (Å²) in [5, 5.41) is 18.3. The standard InChI is InChI=1S/C8H8O3/c9-6-3-1-2-5-4-7(10)11-8(5)6/h1-3,7,9-10H,4H2. The Balaban J connectivity index is 2.49. The van der Waals surface area contributed by atoms with Crippen LogP contribution in [0.25, 0.3) is 0 Å². The Labute approximate surface area is 63.9 Å². The summed E-state index contributed by atoms with van der Waals surface area (Å²) in [5.41, 5.74) is 0.859. The highest BCUT2D eigenvalue weighted by Gasteiger charge is 2.22. The van der Waals surface area contributed by atoms with Crippen LogP contribution in [0.3, 0.4) is 0 Å². The summed E-state index contributed by atoms with van der Waals surface area (Å²) in [6.45, 7) is 0. The van der Waals surface area contributed by atoms with Gasteiger partial charge in [0.15, 0.2) is 11.5 Å². The quantitative estimate of drug-likeness (QED) is 0.573. The first-order valence-electron chi connectivity index (χ1n) is 3.43. The van der Waals surface area contributed by atoms with Gasteiger partial charge in [0.05, 0.1) is 0 Å². The van der Waals surface area contributed by atoms with E-state index >= 15 is 0 Å². The van der Waals surface area contributed by atoms with Gasteiger partial charge in [0.1, 0.15) is 0 Å². The molecule has 2 rings (SSSR count). The number of ether oxygens (including phenoxy) is 1. The average Bonchev–Trinajstić information content (AvgIpc) is 2.31. The highest BCUT2D eigenvalue weighted by atomic mass is 16.6. The third-order valence-electron chi connectivity index (χ3n) is 1.72. The lowest BCUT2D eigenvalue weighted by molar-refractivity contribution is 0.000763. The number of aliphatic hydroxyl groups is 1. The summed E-state index contributed by atoms with van der Waals surface area (Å²) < 4.78 is 4.94. The first-order chi connectivity index (χ1) is 5.27. The molecule has 0 fully saturated rings. The summed E-state index contributed by atoms with van der Waals surface area (Å²) in [6, 6.07) is 5.09. The summed E-state index contributed by atoms with van der Waals surface area (Å²) in [7, 11) is 0. The molecule has 11 heavy (non-hydrogen) atoms. The number of phenolic OH excluding ortho intramolecular Hbond substituents is 1. The molecular weight excluding hydrogens is 144 g/mol. The fourth-order valence-corrected chi connectivity index (χ4v) is 1.23. The Kier molecular flexibility index (Phi) is 1.26. The normalized spacial score (nSPS) is 21.0. The zero-order valence-corrected chi connectivity index (χ0v) is 5.82. The minimum Gasteiger partial charge on any atom is -0.504 e. The van der Waals surface area contributed by atoms with Crippen molar-refractivity contribution in [3.63, 3.8) is 0 Å². The van der Waals surface area contributed by atoms with E-state index < -0.39 is 6.29 Å². The molecule has 0 saturated heterocycles. The van der Waals surface area contributed by atoms with Gasteiger partial charge in [-0.25, -0.2) is 0 Å². The van der Waals surface area contributed by atoms with Crippen molar-refractivity contribution in [1.82, 2.24) is 0 Å². The maximum Gasteiger partial charge on any atom is 0.201 e. The Morgan fingerprint density at radius 2 is 2.27 bits per heavy atom. The van der Waals surface area contributed by atoms with E-state index in [1.807, 2.05) is 6.07 Å². The molecule has 3 heteroatoms. The first kappa shape index (κ1) is 6.49. The van der Waals surface area contributed by atoms with Crippen molar-refractivity contribution < 1.29 is 14.9 Å². The number of aliphatic hydroxyl groups excluding tert-OH is 1. The molecule has 0 spiro atoms. The molecule has 2 N–H and O–H groups in total.